The number of hydrogen-bond acceptors (Lipinski definition) is 3. The zero-order chi connectivity index (χ0) is 10.9. The van der Waals surface area contributed by atoms with Crippen molar-refractivity contribution in [2.75, 3.05) is 19.6 Å². The van der Waals surface area contributed by atoms with Crippen LogP contribution in [0.15, 0.2) is 30.3 Å². The standard InChI is InChI=1S/C12H18N2O/c1-11(15)9-13-7-8-14-10-12-5-3-2-4-6-12/h2-6,13-14H,7-10H2,1H3. The quantitative estimate of drug-likeness (QED) is 0.653. The van der Waals surface area contributed by atoms with E-state index >= 15 is 0 Å². The van der Waals surface area contributed by atoms with Gasteiger partial charge in [0.2, 0.25) is 0 Å². The molecule has 0 heterocycles. The molecule has 0 aliphatic rings. The van der Waals surface area contributed by atoms with Crippen molar-refractivity contribution >= 4 is 5.78 Å². The summed E-state index contributed by atoms with van der Waals surface area (Å²) in [6, 6.07) is 10.3. The maximum atomic E-state index is 10.6. The van der Waals surface area contributed by atoms with Gasteiger partial charge in [0, 0.05) is 19.6 Å². The van der Waals surface area contributed by atoms with Crippen LogP contribution in [0.3, 0.4) is 0 Å². The molecule has 0 amide bonds. The molecule has 1 aromatic rings. The van der Waals surface area contributed by atoms with Gasteiger partial charge in [0.1, 0.15) is 5.78 Å². The number of benzene rings is 1. The molecule has 0 saturated carbocycles. The monoisotopic (exact) mass is 206 g/mol. The molecular weight excluding hydrogens is 188 g/mol. The van der Waals surface area contributed by atoms with Gasteiger partial charge in [0.25, 0.3) is 0 Å². The Morgan fingerprint density at radius 2 is 1.80 bits per heavy atom. The number of ketones is 1. The lowest BCUT2D eigenvalue weighted by atomic mass is 10.2. The van der Waals surface area contributed by atoms with E-state index in [2.05, 4.69) is 22.8 Å². The lowest BCUT2D eigenvalue weighted by Crippen LogP contribution is -2.29. The lowest BCUT2D eigenvalue weighted by molar-refractivity contribution is -0.116. The van der Waals surface area contributed by atoms with Crippen molar-refractivity contribution in [1.29, 1.82) is 0 Å². The SMILES string of the molecule is CC(=O)CNCCNCc1ccccc1. The van der Waals surface area contributed by atoms with E-state index in [9.17, 15) is 4.79 Å². The average molecular weight is 206 g/mol. The van der Waals surface area contributed by atoms with Crippen LogP contribution in [0.5, 0.6) is 0 Å². The Labute approximate surface area is 90.9 Å². The smallest absolute Gasteiger partial charge is 0.143 e. The van der Waals surface area contributed by atoms with Crippen LogP contribution in [0, 0.1) is 0 Å². The van der Waals surface area contributed by atoms with E-state index in [4.69, 9.17) is 0 Å². The molecule has 0 aliphatic heterocycles. The number of carbonyl (C=O) groups is 1. The summed E-state index contributed by atoms with van der Waals surface area (Å²) < 4.78 is 0. The van der Waals surface area contributed by atoms with Crippen molar-refractivity contribution in [3.63, 3.8) is 0 Å². The Kier molecular flexibility index (Phi) is 5.66. The minimum Gasteiger partial charge on any atom is -0.311 e. The first-order valence-electron chi connectivity index (χ1n) is 5.24. The highest BCUT2D eigenvalue weighted by atomic mass is 16.1. The first-order chi connectivity index (χ1) is 7.29. The molecule has 0 unspecified atom stereocenters. The highest BCUT2D eigenvalue weighted by Crippen LogP contribution is 1.96. The minimum absolute atomic E-state index is 0.179. The van der Waals surface area contributed by atoms with E-state index in [1.165, 1.54) is 5.56 Å². The molecular formula is C12H18N2O. The van der Waals surface area contributed by atoms with Gasteiger partial charge in [-0.2, -0.15) is 0 Å². The zero-order valence-corrected chi connectivity index (χ0v) is 9.12. The van der Waals surface area contributed by atoms with Crippen LogP contribution in [-0.2, 0) is 11.3 Å². The van der Waals surface area contributed by atoms with Gasteiger partial charge < -0.3 is 10.6 Å². The molecule has 1 aromatic carbocycles. The van der Waals surface area contributed by atoms with E-state index in [1.54, 1.807) is 6.92 Å². The summed E-state index contributed by atoms with van der Waals surface area (Å²) in [7, 11) is 0. The molecule has 0 spiro atoms. The van der Waals surface area contributed by atoms with Crippen molar-refractivity contribution < 1.29 is 4.79 Å². The first kappa shape index (κ1) is 11.9. The Balaban J connectivity index is 2.00. The van der Waals surface area contributed by atoms with Gasteiger partial charge in [-0.25, -0.2) is 0 Å². The summed E-state index contributed by atoms with van der Waals surface area (Å²) in [5.74, 6) is 0.179. The van der Waals surface area contributed by atoms with Gasteiger partial charge in [-0.15, -0.1) is 0 Å². The summed E-state index contributed by atoms with van der Waals surface area (Å²) in [6.45, 7) is 4.63. The number of rotatable bonds is 7. The fraction of sp³-hybridized carbons (Fsp3) is 0.417. The van der Waals surface area contributed by atoms with Crippen LogP contribution in [0.2, 0.25) is 0 Å². The summed E-state index contributed by atoms with van der Waals surface area (Å²) in [5, 5.41) is 6.36. The maximum Gasteiger partial charge on any atom is 0.143 e. The predicted octanol–water partition coefficient (Wildman–Crippen LogP) is 0.955. The van der Waals surface area contributed by atoms with E-state index in [1.807, 2.05) is 18.2 Å². The van der Waals surface area contributed by atoms with Crippen LogP contribution in [-0.4, -0.2) is 25.4 Å². The summed E-state index contributed by atoms with van der Waals surface area (Å²) in [6.07, 6.45) is 0. The van der Waals surface area contributed by atoms with E-state index in [-0.39, 0.29) is 5.78 Å². The fourth-order valence-electron chi connectivity index (χ4n) is 1.27. The third kappa shape index (κ3) is 5.99. The second kappa shape index (κ2) is 7.15. The second-order valence-electron chi connectivity index (χ2n) is 3.54. The highest BCUT2D eigenvalue weighted by Gasteiger charge is 1.92. The number of nitrogens with one attached hydrogen (secondary N) is 2. The van der Waals surface area contributed by atoms with Crippen molar-refractivity contribution in [2.24, 2.45) is 0 Å². The predicted molar refractivity (Wildman–Crippen MR) is 61.7 cm³/mol. The van der Waals surface area contributed by atoms with E-state index in [0.29, 0.717) is 6.54 Å². The molecule has 0 bridgehead atoms. The normalized spacial score (nSPS) is 10.2. The fourth-order valence-corrected chi connectivity index (χ4v) is 1.27. The molecule has 0 saturated heterocycles. The first-order valence-corrected chi connectivity index (χ1v) is 5.24. The second-order valence-corrected chi connectivity index (χ2v) is 3.54. The molecule has 0 fully saturated rings. The Hall–Kier alpha value is -1.19. The summed E-state index contributed by atoms with van der Waals surface area (Å²) in [4.78, 5) is 10.6. The third-order valence-electron chi connectivity index (χ3n) is 2.02. The zero-order valence-electron chi connectivity index (χ0n) is 9.12. The average Bonchev–Trinajstić information content (AvgIpc) is 2.24. The largest absolute Gasteiger partial charge is 0.311 e. The van der Waals surface area contributed by atoms with Crippen LogP contribution < -0.4 is 10.6 Å². The molecule has 2 N–H and O–H groups in total. The molecule has 1 rings (SSSR count). The molecule has 3 nitrogen and oxygen atoms in total. The van der Waals surface area contributed by atoms with Crippen molar-refractivity contribution in [3.8, 4) is 0 Å². The van der Waals surface area contributed by atoms with E-state index < -0.39 is 0 Å². The topological polar surface area (TPSA) is 41.1 Å². The van der Waals surface area contributed by atoms with Crippen LogP contribution in [0.25, 0.3) is 0 Å². The Morgan fingerprint density at radius 3 is 2.47 bits per heavy atom. The van der Waals surface area contributed by atoms with Gasteiger partial charge in [-0.05, 0) is 12.5 Å². The maximum absolute atomic E-state index is 10.6. The summed E-state index contributed by atoms with van der Waals surface area (Å²) >= 11 is 0. The minimum atomic E-state index is 0.179. The molecule has 0 atom stereocenters. The molecule has 0 aromatic heterocycles. The molecule has 0 radical (unpaired) electrons. The van der Waals surface area contributed by atoms with Gasteiger partial charge in [-0.3, -0.25) is 4.79 Å². The number of carbonyl (C=O) groups excluding carboxylic acids is 1. The highest BCUT2D eigenvalue weighted by molar-refractivity contribution is 5.77. The van der Waals surface area contributed by atoms with Crippen molar-refractivity contribution in [3.05, 3.63) is 35.9 Å². The van der Waals surface area contributed by atoms with Crippen LogP contribution in [0.1, 0.15) is 12.5 Å². The molecule has 0 aliphatic carbocycles. The summed E-state index contributed by atoms with van der Waals surface area (Å²) in [5.41, 5.74) is 1.28. The molecule has 15 heavy (non-hydrogen) atoms. The van der Waals surface area contributed by atoms with E-state index in [0.717, 1.165) is 19.6 Å². The van der Waals surface area contributed by atoms with Crippen LogP contribution >= 0.6 is 0 Å². The third-order valence-corrected chi connectivity index (χ3v) is 2.02. The molecule has 82 valence electrons. The Morgan fingerprint density at radius 1 is 1.13 bits per heavy atom. The lowest BCUT2D eigenvalue weighted by Gasteiger charge is -2.05. The van der Waals surface area contributed by atoms with Crippen molar-refractivity contribution in [1.82, 2.24) is 10.6 Å². The number of Topliss-reactive ketones (excluding diaryl/α,β-unsaturated/α-hetero) is 1. The molecule has 3 heteroatoms. The van der Waals surface area contributed by atoms with Gasteiger partial charge in [-0.1, -0.05) is 30.3 Å². The van der Waals surface area contributed by atoms with Crippen LogP contribution in [0.4, 0.5) is 0 Å². The van der Waals surface area contributed by atoms with Gasteiger partial charge in [0.05, 0.1) is 6.54 Å². The Bertz CT molecular complexity index is 285. The van der Waals surface area contributed by atoms with Gasteiger partial charge >= 0.3 is 0 Å². The van der Waals surface area contributed by atoms with Crippen molar-refractivity contribution in [2.45, 2.75) is 13.5 Å². The number of hydrogen-bond donors (Lipinski definition) is 2. The van der Waals surface area contributed by atoms with Gasteiger partial charge in [0.15, 0.2) is 0 Å².